The number of rotatable bonds is 9. The molecule has 0 saturated heterocycles. The van der Waals surface area contributed by atoms with Crippen molar-refractivity contribution in [1.82, 2.24) is 15.1 Å². The summed E-state index contributed by atoms with van der Waals surface area (Å²) in [5.74, 6) is 2.85. The molecular weight excluding hydrogens is 482 g/mol. The van der Waals surface area contributed by atoms with Crippen molar-refractivity contribution in [2.24, 2.45) is 0 Å². The molecule has 0 radical (unpaired) electrons. The molecular formula is C30H29N3O5. The normalized spacial score (nSPS) is 15.6. The number of amides is 1. The SMILES string of the molecule is CCCCOc1cccc(C2c3c(-c4ccc(OC)cc4)n[nH]c3C(=O)N2Cc2ccc3c(c2)OCO3)c1. The van der Waals surface area contributed by atoms with E-state index >= 15 is 0 Å². The van der Waals surface area contributed by atoms with Crippen LogP contribution in [0.4, 0.5) is 0 Å². The predicted molar refractivity (Wildman–Crippen MR) is 142 cm³/mol. The summed E-state index contributed by atoms with van der Waals surface area (Å²) in [6.07, 6.45) is 2.04. The number of fused-ring (bicyclic) bond motifs is 2. The summed E-state index contributed by atoms with van der Waals surface area (Å²) < 4.78 is 22.4. The van der Waals surface area contributed by atoms with E-state index in [2.05, 4.69) is 17.1 Å². The molecule has 4 aromatic rings. The van der Waals surface area contributed by atoms with Gasteiger partial charge in [0.25, 0.3) is 5.91 Å². The Bertz CT molecular complexity index is 1460. The highest BCUT2D eigenvalue weighted by molar-refractivity contribution is 6.00. The summed E-state index contributed by atoms with van der Waals surface area (Å²) >= 11 is 0. The van der Waals surface area contributed by atoms with Gasteiger partial charge in [0, 0.05) is 17.7 Å². The number of nitrogens with one attached hydrogen (secondary N) is 1. The quantitative estimate of drug-likeness (QED) is 0.289. The molecule has 0 aliphatic carbocycles. The molecule has 8 nitrogen and oxygen atoms in total. The molecule has 2 aliphatic rings. The molecule has 0 bridgehead atoms. The third kappa shape index (κ3) is 4.32. The number of methoxy groups -OCH3 is 1. The van der Waals surface area contributed by atoms with Gasteiger partial charge in [-0.2, -0.15) is 5.10 Å². The van der Waals surface area contributed by atoms with Crippen LogP contribution in [0.5, 0.6) is 23.0 Å². The largest absolute Gasteiger partial charge is 0.497 e. The van der Waals surface area contributed by atoms with E-state index in [1.165, 1.54) is 0 Å². The lowest BCUT2D eigenvalue weighted by molar-refractivity contribution is 0.0729. The second-order valence-corrected chi connectivity index (χ2v) is 9.39. The van der Waals surface area contributed by atoms with Crippen LogP contribution in [-0.4, -0.2) is 41.5 Å². The average Bonchev–Trinajstić information content (AvgIpc) is 3.66. The van der Waals surface area contributed by atoms with Gasteiger partial charge in [-0.15, -0.1) is 0 Å². The number of H-pyrrole nitrogens is 1. The van der Waals surface area contributed by atoms with E-state index in [0.29, 0.717) is 30.3 Å². The van der Waals surface area contributed by atoms with Crippen LogP contribution >= 0.6 is 0 Å². The number of unbranched alkanes of at least 4 members (excludes halogenated alkanes) is 1. The number of aromatic nitrogens is 2. The molecule has 1 N–H and O–H groups in total. The van der Waals surface area contributed by atoms with E-state index in [4.69, 9.17) is 18.9 Å². The Labute approximate surface area is 221 Å². The number of benzene rings is 3. The maximum atomic E-state index is 13.8. The van der Waals surface area contributed by atoms with Crippen LogP contribution in [0.1, 0.15) is 53.0 Å². The third-order valence-electron chi connectivity index (χ3n) is 6.96. The highest BCUT2D eigenvalue weighted by Crippen LogP contribution is 2.45. The van der Waals surface area contributed by atoms with E-state index in [-0.39, 0.29) is 18.7 Å². The van der Waals surface area contributed by atoms with Gasteiger partial charge in [-0.05, 0) is 66.1 Å². The number of hydrogen-bond donors (Lipinski definition) is 1. The Balaban J connectivity index is 1.41. The fourth-order valence-electron chi connectivity index (χ4n) is 5.02. The van der Waals surface area contributed by atoms with Gasteiger partial charge in [-0.25, -0.2) is 0 Å². The van der Waals surface area contributed by atoms with Gasteiger partial charge in [0.2, 0.25) is 6.79 Å². The molecule has 0 spiro atoms. The topological polar surface area (TPSA) is 85.9 Å². The summed E-state index contributed by atoms with van der Waals surface area (Å²) in [6, 6.07) is 21.2. The number of nitrogens with zero attached hydrogens (tertiary/aromatic N) is 2. The Morgan fingerprint density at radius 3 is 2.68 bits per heavy atom. The summed E-state index contributed by atoms with van der Waals surface area (Å²) in [5.41, 5.74) is 4.91. The standard InChI is InChI=1S/C30H29N3O5/c1-3-4-14-36-23-7-5-6-21(16-23)29-26-27(20-9-11-22(35-2)12-10-20)31-32-28(26)30(34)33(29)17-19-8-13-24-25(15-19)38-18-37-24/h5-13,15-16,29H,3-4,14,17-18H2,1-2H3,(H,31,32). The number of ether oxygens (including phenoxy) is 4. The zero-order chi connectivity index (χ0) is 26.1. The molecule has 2 aliphatic heterocycles. The number of aromatic amines is 1. The molecule has 8 heteroatoms. The van der Waals surface area contributed by atoms with Crippen LogP contribution in [0.2, 0.25) is 0 Å². The zero-order valence-electron chi connectivity index (χ0n) is 21.4. The molecule has 3 heterocycles. The first kappa shape index (κ1) is 23.9. The van der Waals surface area contributed by atoms with E-state index < -0.39 is 0 Å². The summed E-state index contributed by atoms with van der Waals surface area (Å²) in [7, 11) is 1.64. The molecule has 6 rings (SSSR count). The third-order valence-corrected chi connectivity index (χ3v) is 6.96. The highest BCUT2D eigenvalue weighted by Gasteiger charge is 2.42. The zero-order valence-corrected chi connectivity index (χ0v) is 21.4. The maximum absolute atomic E-state index is 13.8. The second-order valence-electron chi connectivity index (χ2n) is 9.39. The molecule has 0 saturated carbocycles. The maximum Gasteiger partial charge on any atom is 0.273 e. The van der Waals surface area contributed by atoms with Gasteiger partial charge in [0.1, 0.15) is 17.2 Å². The average molecular weight is 512 g/mol. The highest BCUT2D eigenvalue weighted by atomic mass is 16.7. The fourth-order valence-corrected chi connectivity index (χ4v) is 5.02. The first-order valence-corrected chi connectivity index (χ1v) is 12.8. The molecule has 3 aromatic carbocycles. The first-order chi connectivity index (χ1) is 18.7. The van der Waals surface area contributed by atoms with Crippen LogP contribution in [0.25, 0.3) is 11.3 Å². The van der Waals surface area contributed by atoms with Gasteiger partial charge in [-0.3, -0.25) is 9.89 Å². The summed E-state index contributed by atoms with van der Waals surface area (Å²) in [4.78, 5) is 15.7. The van der Waals surface area contributed by atoms with Gasteiger partial charge in [0.05, 0.1) is 25.5 Å². The minimum Gasteiger partial charge on any atom is -0.497 e. The van der Waals surface area contributed by atoms with Crippen molar-refractivity contribution in [1.29, 1.82) is 0 Å². The molecule has 194 valence electrons. The fraction of sp³-hybridized carbons (Fsp3) is 0.267. The first-order valence-electron chi connectivity index (χ1n) is 12.8. The van der Waals surface area contributed by atoms with E-state index in [9.17, 15) is 4.79 Å². The van der Waals surface area contributed by atoms with Crippen molar-refractivity contribution < 1.29 is 23.7 Å². The van der Waals surface area contributed by atoms with Gasteiger partial charge in [0.15, 0.2) is 11.5 Å². The Hall–Kier alpha value is -4.46. The lowest BCUT2D eigenvalue weighted by Crippen LogP contribution is -2.29. The van der Waals surface area contributed by atoms with Crippen LogP contribution < -0.4 is 18.9 Å². The van der Waals surface area contributed by atoms with Gasteiger partial charge >= 0.3 is 0 Å². The minimum absolute atomic E-state index is 0.104. The van der Waals surface area contributed by atoms with Crippen molar-refractivity contribution in [3.63, 3.8) is 0 Å². The molecule has 1 amide bonds. The van der Waals surface area contributed by atoms with Crippen molar-refractivity contribution in [3.05, 3.63) is 89.1 Å². The Morgan fingerprint density at radius 2 is 1.87 bits per heavy atom. The molecule has 38 heavy (non-hydrogen) atoms. The number of hydrogen-bond acceptors (Lipinski definition) is 6. The van der Waals surface area contributed by atoms with Crippen LogP contribution in [0.3, 0.4) is 0 Å². The van der Waals surface area contributed by atoms with Crippen LogP contribution in [0, 0.1) is 0 Å². The number of carbonyl (C=O) groups is 1. The smallest absolute Gasteiger partial charge is 0.273 e. The number of carbonyl (C=O) groups excluding carboxylic acids is 1. The van der Waals surface area contributed by atoms with Crippen LogP contribution in [-0.2, 0) is 6.54 Å². The minimum atomic E-state index is -0.353. The van der Waals surface area contributed by atoms with Crippen molar-refractivity contribution >= 4 is 5.91 Å². The molecule has 0 fully saturated rings. The molecule has 1 unspecified atom stereocenters. The Kier molecular flexibility index (Phi) is 6.37. The van der Waals surface area contributed by atoms with E-state index in [1.54, 1.807) is 7.11 Å². The predicted octanol–water partition coefficient (Wildman–Crippen LogP) is 5.74. The molecule has 1 aromatic heterocycles. The monoisotopic (exact) mass is 511 g/mol. The van der Waals surface area contributed by atoms with Gasteiger partial charge in [-0.1, -0.05) is 31.5 Å². The summed E-state index contributed by atoms with van der Waals surface area (Å²) in [6.45, 7) is 3.39. The lowest BCUT2D eigenvalue weighted by atomic mass is 9.95. The second kappa shape index (κ2) is 10.1. The van der Waals surface area contributed by atoms with Crippen molar-refractivity contribution in [2.75, 3.05) is 20.5 Å². The summed E-state index contributed by atoms with van der Waals surface area (Å²) in [5, 5.41) is 7.61. The van der Waals surface area contributed by atoms with E-state index in [0.717, 1.165) is 52.3 Å². The molecule has 1 atom stereocenters. The van der Waals surface area contributed by atoms with Crippen LogP contribution in [0.15, 0.2) is 66.7 Å². The van der Waals surface area contributed by atoms with Crippen molar-refractivity contribution in [3.8, 4) is 34.3 Å². The van der Waals surface area contributed by atoms with Gasteiger partial charge < -0.3 is 23.8 Å². The van der Waals surface area contributed by atoms with Crippen molar-refractivity contribution in [2.45, 2.75) is 32.4 Å². The lowest BCUT2D eigenvalue weighted by Gasteiger charge is -2.27. The van der Waals surface area contributed by atoms with E-state index in [1.807, 2.05) is 71.6 Å². The Morgan fingerprint density at radius 1 is 1.03 bits per heavy atom.